The Morgan fingerprint density at radius 3 is 2.50 bits per heavy atom. The molecule has 1 fully saturated rings. The summed E-state index contributed by atoms with van der Waals surface area (Å²) in [5.41, 5.74) is 0.912. The second-order valence-corrected chi connectivity index (χ2v) is 7.32. The van der Waals surface area contributed by atoms with Gasteiger partial charge >= 0.3 is 0 Å². The minimum atomic E-state index is -0.708. The van der Waals surface area contributed by atoms with Gasteiger partial charge in [0, 0.05) is 12.7 Å². The molecule has 0 aliphatic carbocycles. The number of halogens is 1. The Morgan fingerprint density at radius 1 is 1.14 bits per heavy atom. The third-order valence-electron chi connectivity index (χ3n) is 4.49. The van der Waals surface area contributed by atoms with Gasteiger partial charge in [-0.2, -0.15) is 0 Å². The van der Waals surface area contributed by atoms with Crippen LogP contribution in [0.3, 0.4) is 0 Å². The number of ether oxygens (including phenoxy) is 2. The van der Waals surface area contributed by atoms with Crippen molar-refractivity contribution in [2.45, 2.75) is 18.3 Å². The summed E-state index contributed by atoms with van der Waals surface area (Å²) in [5, 5.41) is 2.23. The standard InChI is InChI=1S/C20H21FN2O4S/c1-12(24)23-16(19(25)22-15-7-5-4-6-14(15)21)11-28-20(23)13-8-9-17(26-2)18(10-13)27-3/h4-10,16,20H,11H2,1-3H3,(H,22,25)/t16-,20+/m1/s1. The molecular formula is C20H21FN2O4S. The van der Waals surface area contributed by atoms with Gasteiger partial charge in [0.2, 0.25) is 11.8 Å². The fourth-order valence-corrected chi connectivity index (χ4v) is 4.61. The molecule has 2 amide bonds. The quantitative estimate of drug-likeness (QED) is 0.827. The summed E-state index contributed by atoms with van der Waals surface area (Å²) < 4.78 is 24.5. The highest BCUT2D eigenvalue weighted by Gasteiger charge is 2.41. The average Bonchev–Trinajstić information content (AvgIpc) is 3.14. The summed E-state index contributed by atoms with van der Waals surface area (Å²) in [6, 6.07) is 10.6. The molecule has 0 spiro atoms. The van der Waals surface area contributed by atoms with Crippen molar-refractivity contribution >= 4 is 29.3 Å². The molecule has 8 heteroatoms. The minimum Gasteiger partial charge on any atom is -0.493 e. The largest absolute Gasteiger partial charge is 0.493 e. The molecule has 1 saturated heterocycles. The normalized spacial score (nSPS) is 18.6. The second-order valence-electron chi connectivity index (χ2n) is 6.21. The number of thioether (sulfide) groups is 1. The lowest BCUT2D eigenvalue weighted by molar-refractivity contribution is -0.136. The maximum atomic E-state index is 13.9. The number of carbonyl (C=O) groups is 2. The number of nitrogens with zero attached hydrogens (tertiary/aromatic N) is 1. The summed E-state index contributed by atoms with van der Waals surface area (Å²) >= 11 is 1.47. The Morgan fingerprint density at radius 2 is 1.86 bits per heavy atom. The highest BCUT2D eigenvalue weighted by Crippen LogP contribution is 2.43. The van der Waals surface area contributed by atoms with Gasteiger partial charge in [-0.05, 0) is 29.8 Å². The number of anilines is 1. The lowest BCUT2D eigenvalue weighted by atomic mass is 10.1. The molecule has 148 valence electrons. The first-order chi connectivity index (χ1) is 13.5. The SMILES string of the molecule is COc1ccc([C@@H]2SC[C@H](C(=O)Nc3ccccc3F)N2C(C)=O)cc1OC. The molecule has 6 nitrogen and oxygen atoms in total. The molecule has 0 unspecified atom stereocenters. The first-order valence-corrected chi connectivity index (χ1v) is 9.69. The van der Waals surface area contributed by atoms with Crippen LogP contribution >= 0.6 is 11.8 Å². The molecule has 28 heavy (non-hydrogen) atoms. The van der Waals surface area contributed by atoms with E-state index >= 15 is 0 Å². The zero-order chi connectivity index (χ0) is 20.3. The summed E-state index contributed by atoms with van der Waals surface area (Å²) in [4.78, 5) is 26.6. The Labute approximate surface area is 167 Å². The first-order valence-electron chi connectivity index (χ1n) is 8.64. The summed E-state index contributed by atoms with van der Waals surface area (Å²) in [6.45, 7) is 1.42. The van der Waals surface area contributed by atoms with Gasteiger partial charge in [0.15, 0.2) is 11.5 Å². The number of amides is 2. The average molecular weight is 404 g/mol. The van der Waals surface area contributed by atoms with E-state index in [0.29, 0.717) is 17.3 Å². The molecule has 1 aliphatic rings. The number of para-hydroxylation sites is 1. The van der Waals surface area contributed by atoms with Crippen LogP contribution in [-0.4, -0.2) is 42.7 Å². The van der Waals surface area contributed by atoms with Crippen LogP contribution in [0, 0.1) is 5.82 Å². The third kappa shape index (κ3) is 3.91. The fourth-order valence-electron chi connectivity index (χ4n) is 3.13. The molecule has 0 bridgehead atoms. The highest BCUT2D eigenvalue weighted by molar-refractivity contribution is 7.99. The Hall–Kier alpha value is -2.74. The van der Waals surface area contributed by atoms with Gasteiger partial charge in [-0.3, -0.25) is 9.59 Å². The highest BCUT2D eigenvalue weighted by atomic mass is 32.2. The van der Waals surface area contributed by atoms with Crippen LogP contribution in [-0.2, 0) is 9.59 Å². The number of carbonyl (C=O) groups excluding carboxylic acids is 2. The van der Waals surface area contributed by atoms with Crippen LogP contribution in [0.4, 0.5) is 10.1 Å². The topological polar surface area (TPSA) is 67.9 Å². The molecule has 2 atom stereocenters. The summed E-state index contributed by atoms with van der Waals surface area (Å²) in [7, 11) is 3.09. The monoisotopic (exact) mass is 404 g/mol. The number of methoxy groups -OCH3 is 2. The fraction of sp³-hybridized carbons (Fsp3) is 0.300. The van der Waals surface area contributed by atoms with Crippen molar-refractivity contribution in [3.05, 3.63) is 53.8 Å². The van der Waals surface area contributed by atoms with E-state index in [1.165, 1.54) is 42.8 Å². The van der Waals surface area contributed by atoms with E-state index in [0.717, 1.165) is 5.56 Å². The second kappa shape index (κ2) is 8.52. The maximum Gasteiger partial charge on any atom is 0.248 e. The molecule has 1 heterocycles. The van der Waals surface area contributed by atoms with E-state index < -0.39 is 17.8 Å². The van der Waals surface area contributed by atoms with Crippen LogP contribution in [0.1, 0.15) is 17.9 Å². The Balaban J connectivity index is 1.85. The van der Waals surface area contributed by atoms with Gasteiger partial charge in [-0.25, -0.2) is 4.39 Å². The molecule has 0 saturated carbocycles. The summed E-state index contributed by atoms with van der Waals surface area (Å²) in [5.74, 6) is 0.348. The lowest BCUT2D eigenvalue weighted by Gasteiger charge is -2.28. The molecule has 2 aromatic rings. The Bertz CT molecular complexity index is 892. The molecule has 0 radical (unpaired) electrons. The van der Waals surface area contributed by atoms with Gasteiger partial charge in [0.25, 0.3) is 0 Å². The van der Waals surface area contributed by atoms with Crippen molar-refractivity contribution in [3.8, 4) is 11.5 Å². The van der Waals surface area contributed by atoms with Gasteiger partial charge < -0.3 is 19.7 Å². The molecule has 0 aromatic heterocycles. The molecular weight excluding hydrogens is 383 g/mol. The van der Waals surface area contributed by atoms with Gasteiger partial charge in [0.1, 0.15) is 17.2 Å². The van der Waals surface area contributed by atoms with Crippen LogP contribution in [0.25, 0.3) is 0 Å². The predicted octanol–water partition coefficient (Wildman–Crippen LogP) is 3.44. The minimum absolute atomic E-state index is 0.0931. The van der Waals surface area contributed by atoms with Crippen molar-refractivity contribution in [3.63, 3.8) is 0 Å². The number of hydrogen-bond acceptors (Lipinski definition) is 5. The van der Waals surface area contributed by atoms with Gasteiger partial charge in [-0.1, -0.05) is 18.2 Å². The van der Waals surface area contributed by atoms with Crippen molar-refractivity contribution in [1.29, 1.82) is 0 Å². The van der Waals surface area contributed by atoms with Crippen LogP contribution in [0.2, 0.25) is 0 Å². The number of nitrogens with one attached hydrogen (secondary N) is 1. The van der Waals surface area contributed by atoms with Crippen LogP contribution in [0.15, 0.2) is 42.5 Å². The van der Waals surface area contributed by atoms with Crippen molar-refractivity contribution in [2.24, 2.45) is 0 Å². The van der Waals surface area contributed by atoms with Crippen molar-refractivity contribution in [2.75, 3.05) is 25.3 Å². The van der Waals surface area contributed by atoms with E-state index in [1.807, 2.05) is 6.07 Å². The summed E-state index contributed by atoms with van der Waals surface area (Å²) in [6.07, 6.45) is 0. The van der Waals surface area contributed by atoms with E-state index in [4.69, 9.17) is 9.47 Å². The molecule has 1 aliphatic heterocycles. The van der Waals surface area contributed by atoms with Crippen molar-refractivity contribution in [1.82, 2.24) is 4.90 Å². The molecule has 1 N–H and O–H groups in total. The van der Waals surface area contributed by atoms with Gasteiger partial charge in [0.05, 0.1) is 19.9 Å². The van der Waals surface area contributed by atoms with Crippen molar-refractivity contribution < 1.29 is 23.5 Å². The number of hydrogen-bond donors (Lipinski definition) is 1. The Kier molecular flexibility index (Phi) is 6.08. The van der Waals surface area contributed by atoms with Crippen LogP contribution < -0.4 is 14.8 Å². The van der Waals surface area contributed by atoms with Crippen LogP contribution in [0.5, 0.6) is 11.5 Å². The zero-order valence-electron chi connectivity index (χ0n) is 15.8. The van der Waals surface area contributed by atoms with E-state index in [9.17, 15) is 14.0 Å². The maximum absolute atomic E-state index is 13.9. The van der Waals surface area contributed by atoms with E-state index in [1.54, 1.807) is 31.4 Å². The molecule has 3 rings (SSSR count). The number of benzene rings is 2. The smallest absolute Gasteiger partial charge is 0.248 e. The molecule has 2 aromatic carbocycles. The zero-order valence-corrected chi connectivity index (χ0v) is 16.6. The predicted molar refractivity (Wildman–Crippen MR) is 106 cm³/mol. The first kappa shape index (κ1) is 20.0. The van der Waals surface area contributed by atoms with E-state index in [-0.39, 0.29) is 17.0 Å². The lowest BCUT2D eigenvalue weighted by Crippen LogP contribution is -2.44. The van der Waals surface area contributed by atoms with Gasteiger partial charge in [-0.15, -0.1) is 11.8 Å². The third-order valence-corrected chi connectivity index (χ3v) is 5.81. The number of rotatable bonds is 5. The van der Waals surface area contributed by atoms with E-state index in [2.05, 4.69) is 5.32 Å².